The molecule has 1 saturated heterocycles. The highest BCUT2D eigenvalue weighted by atomic mass is 32.1. The summed E-state index contributed by atoms with van der Waals surface area (Å²) in [5.41, 5.74) is 3.56. The predicted octanol–water partition coefficient (Wildman–Crippen LogP) is 2.58. The van der Waals surface area contributed by atoms with Crippen LogP contribution < -0.4 is 5.48 Å². The molecule has 3 unspecified atom stereocenters. The van der Waals surface area contributed by atoms with Crippen molar-refractivity contribution in [2.75, 3.05) is 0 Å². The summed E-state index contributed by atoms with van der Waals surface area (Å²) in [6, 6.07) is 19.2. The lowest BCUT2D eigenvalue weighted by Gasteiger charge is -2.41. The summed E-state index contributed by atoms with van der Waals surface area (Å²) in [7, 11) is 0. The zero-order valence-corrected chi connectivity index (χ0v) is 15.0. The fourth-order valence-corrected chi connectivity index (χ4v) is 5.25. The van der Waals surface area contributed by atoms with Crippen molar-refractivity contribution in [2.45, 2.75) is 18.3 Å². The zero-order chi connectivity index (χ0) is 18.4. The van der Waals surface area contributed by atoms with Gasteiger partial charge in [0, 0.05) is 18.3 Å². The van der Waals surface area contributed by atoms with Crippen LogP contribution in [0.5, 0.6) is 0 Å². The van der Waals surface area contributed by atoms with Gasteiger partial charge < -0.3 is 4.84 Å². The molecule has 1 aromatic heterocycles. The second-order valence-corrected chi connectivity index (χ2v) is 7.57. The normalized spacial score (nSPS) is 26.5. The molecule has 1 aliphatic carbocycles. The minimum Gasteiger partial charge on any atom is -0.339 e. The molecule has 27 heavy (non-hydrogen) atoms. The molecule has 0 bridgehead atoms. The van der Waals surface area contributed by atoms with E-state index in [0.717, 1.165) is 21.7 Å². The SMILES string of the molecule is O=C1NOC(=O)C12C(c1ccccc1)Cc1nnsc1C2c1ccccc1. The molecule has 0 saturated carbocycles. The maximum atomic E-state index is 13.2. The number of hydroxylamine groups is 1. The van der Waals surface area contributed by atoms with E-state index in [2.05, 4.69) is 15.1 Å². The topological polar surface area (TPSA) is 81.2 Å². The Morgan fingerprint density at radius 1 is 1.00 bits per heavy atom. The molecule has 7 heteroatoms. The highest BCUT2D eigenvalue weighted by Crippen LogP contribution is 2.58. The minimum atomic E-state index is -1.38. The van der Waals surface area contributed by atoms with Crippen LogP contribution in [0.3, 0.4) is 0 Å². The lowest BCUT2D eigenvalue weighted by molar-refractivity contribution is -0.152. The lowest BCUT2D eigenvalue weighted by Crippen LogP contribution is -2.49. The molecule has 1 N–H and O–H groups in total. The van der Waals surface area contributed by atoms with Gasteiger partial charge in [-0.2, -0.15) is 5.48 Å². The Bertz CT molecular complexity index is 1000. The Morgan fingerprint density at radius 3 is 2.30 bits per heavy atom. The standard InChI is InChI=1S/C20H15N3O3S/c24-18-20(19(25)26-22-18)14(12-7-3-1-4-8-12)11-15-17(27-23-21-15)16(20)13-9-5-2-6-10-13/h1-10,14,16H,11H2,(H,22,24). The van der Waals surface area contributed by atoms with Crippen LogP contribution in [0.15, 0.2) is 60.7 Å². The second kappa shape index (κ2) is 5.99. The van der Waals surface area contributed by atoms with Crippen LogP contribution in [0.4, 0.5) is 0 Å². The van der Waals surface area contributed by atoms with Gasteiger partial charge in [-0.1, -0.05) is 65.2 Å². The van der Waals surface area contributed by atoms with Crippen molar-refractivity contribution in [1.82, 2.24) is 15.1 Å². The highest BCUT2D eigenvalue weighted by molar-refractivity contribution is 7.05. The summed E-state index contributed by atoms with van der Waals surface area (Å²) >= 11 is 1.24. The molecule has 3 atom stereocenters. The first-order valence-corrected chi connectivity index (χ1v) is 9.43. The summed E-state index contributed by atoms with van der Waals surface area (Å²) < 4.78 is 4.12. The molecule has 134 valence electrons. The third-order valence-corrected chi connectivity index (χ3v) is 6.37. The number of amides is 1. The van der Waals surface area contributed by atoms with Gasteiger partial charge >= 0.3 is 5.97 Å². The van der Waals surface area contributed by atoms with Gasteiger partial charge in [0.15, 0.2) is 5.41 Å². The lowest BCUT2D eigenvalue weighted by atomic mass is 9.57. The van der Waals surface area contributed by atoms with E-state index in [0.29, 0.717) is 6.42 Å². The van der Waals surface area contributed by atoms with Gasteiger partial charge in [-0.3, -0.25) is 4.79 Å². The molecule has 2 aliphatic rings. The van der Waals surface area contributed by atoms with Crippen molar-refractivity contribution < 1.29 is 14.4 Å². The van der Waals surface area contributed by atoms with E-state index in [1.165, 1.54) is 11.5 Å². The van der Waals surface area contributed by atoms with Crippen LogP contribution in [-0.4, -0.2) is 21.5 Å². The Morgan fingerprint density at radius 2 is 1.67 bits per heavy atom. The Kier molecular flexibility index (Phi) is 3.58. The smallest absolute Gasteiger partial charge is 0.339 e. The van der Waals surface area contributed by atoms with Gasteiger partial charge in [0.1, 0.15) is 0 Å². The van der Waals surface area contributed by atoms with E-state index in [-0.39, 0.29) is 0 Å². The van der Waals surface area contributed by atoms with Crippen molar-refractivity contribution >= 4 is 23.4 Å². The monoisotopic (exact) mass is 377 g/mol. The van der Waals surface area contributed by atoms with Crippen LogP contribution in [0.25, 0.3) is 0 Å². The van der Waals surface area contributed by atoms with E-state index in [4.69, 9.17) is 4.84 Å². The molecule has 2 aromatic carbocycles. The van der Waals surface area contributed by atoms with Crippen molar-refractivity contribution in [3.05, 3.63) is 82.4 Å². The molecule has 0 radical (unpaired) electrons. The summed E-state index contributed by atoms with van der Waals surface area (Å²) in [4.78, 5) is 32.2. The number of hydrogen-bond donors (Lipinski definition) is 1. The van der Waals surface area contributed by atoms with Gasteiger partial charge in [0.05, 0.1) is 10.6 Å². The summed E-state index contributed by atoms with van der Waals surface area (Å²) in [5, 5.41) is 4.30. The number of fused-ring (bicyclic) bond motifs is 1. The number of carbonyl (C=O) groups excluding carboxylic acids is 2. The first-order valence-electron chi connectivity index (χ1n) is 8.65. The van der Waals surface area contributed by atoms with E-state index in [1.807, 2.05) is 60.7 Å². The number of nitrogens with one attached hydrogen (secondary N) is 1. The van der Waals surface area contributed by atoms with Gasteiger partial charge in [-0.15, -0.1) is 5.10 Å². The van der Waals surface area contributed by atoms with Crippen molar-refractivity contribution in [1.29, 1.82) is 0 Å². The van der Waals surface area contributed by atoms with E-state index in [1.54, 1.807) is 0 Å². The maximum absolute atomic E-state index is 13.2. The third-order valence-electron chi connectivity index (χ3n) is 5.53. The van der Waals surface area contributed by atoms with Crippen LogP contribution in [0.1, 0.15) is 33.5 Å². The number of carbonyl (C=O) groups is 2. The van der Waals surface area contributed by atoms with E-state index in [9.17, 15) is 9.59 Å². The summed E-state index contributed by atoms with van der Waals surface area (Å²) in [6.07, 6.45) is 0.460. The van der Waals surface area contributed by atoms with Gasteiger partial charge in [0.25, 0.3) is 5.91 Å². The minimum absolute atomic E-state index is 0.393. The van der Waals surface area contributed by atoms with Crippen molar-refractivity contribution in [3.8, 4) is 0 Å². The fraction of sp³-hybridized carbons (Fsp3) is 0.200. The second-order valence-electron chi connectivity index (χ2n) is 6.78. The highest BCUT2D eigenvalue weighted by Gasteiger charge is 2.66. The van der Waals surface area contributed by atoms with Gasteiger partial charge in [-0.05, 0) is 22.7 Å². The fourth-order valence-electron chi connectivity index (χ4n) is 4.37. The summed E-state index contributed by atoms with van der Waals surface area (Å²) in [6.45, 7) is 0. The molecule has 1 fully saturated rings. The number of nitrogens with zero attached hydrogens (tertiary/aromatic N) is 2. The number of hydrogen-bond acceptors (Lipinski definition) is 6. The predicted molar refractivity (Wildman–Crippen MR) is 97.7 cm³/mol. The molecule has 2 heterocycles. The molecule has 5 rings (SSSR count). The first-order chi connectivity index (χ1) is 13.2. The van der Waals surface area contributed by atoms with Crippen LogP contribution >= 0.6 is 11.5 Å². The number of aromatic nitrogens is 2. The third kappa shape index (κ3) is 2.18. The largest absolute Gasteiger partial charge is 0.349 e. The molecule has 3 aromatic rings. The average Bonchev–Trinajstić information content (AvgIpc) is 3.29. The van der Waals surface area contributed by atoms with Crippen molar-refractivity contribution in [3.63, 3.8) is 0 Å². The van der Waals surface area contributed by atoms with Crippen LogP contribution in [0.2, 0.25) is 0 Å². The van der Waals surface area contributed by atoms with E-state index >= 15 is 0 Å². The Balaban J connectivity index is 1.82. The Hall–Kier alpha value is -3.06. The van der Waals surface area contributed by atoms with Crippen LogP contribution in [0, 0.1) is 5.41 Å². The number of benzene rings is 2. The zero-order valence-electron chi connectivity index (χ0n) is 14.2. The van der Waals surface area contributed by atoms with Gasteiger partial charge in [-0.25, -0.2) is 4.79 Å². The number of rotatable bonds is 2. The van der Waals surface area contributed by atoms with Gasteiger partial charge in [0.2, 0.25) is 0 Å². The molecule has 6 nitrogen and oxygen atoms in total. The molecule has 1 spiro atoms. The molecule has 1 amide bonds. The average molecular weight is 377 g/mol. The maximum Gasteiger partial charge on any atom is 0.349 e. The van der Waals surface area contributed by atoms with E-state index < -0.39 is 29.1 Å². The summed E-state index contributed by atoms with van der Waals surface area (Å²) in [5.74, 6) is -1.85. The van der Waals surface area contributed by atoms with Crippen LogP contribution in [-0.2, 0) is 20.8 Å². The molecular weight excluding hydrogens is 362 g/mol. The quantitative estimate of drug-likeness (QED) is 0.694. The Labute approximate surface area is 159 Å². The van der Waals surface area contributed by atoms with Crippen molar-refractivity contribution in [2.24, 2.45) is 5.41 Å². The molecular formula is C20H15N3O3S. The first kappa shape index (κ1) is 16.1. The molecule has 1 aliphatic heterocycles.